The first-order chi connectivity index (χ1) is 18.0. The lowest BCUT2D eigenvalue weighted by atomic mass is 10.1. The summed E-state index contributed by atoms with van der Waals surface area (Å²) in [5, 5.41) is 2.85. The molecular formula is C29H34BrN3O4S. The van der Waals surface area contributed by atoms with Crippen LogP contribution in [0.1, 0.15) is 37.0 Å². The molecule has 3 aromatic carbocycles. The van der Waals surface area contributed by atoms with Gasteiger partial charge in [0.15, 0.2) is 0 Å². The molecule has 38 heavy (non-hydrogen) atoms. The molecule has 0 saturated heterocycles. The number of hydrogen-bond donors (Lipinski definition) is 1. The lowest BCUT2D eigenvalue weighted by molar-refractivity contribution is -0.139. The molecule has 3 aromatic rings. The zero-order valence-electron chi connectivity index (χ0n) is 22.1. The smallest absolute Gasteiger partial charge is 0.264 e. The van der Waals surface area contributed by atoms with E-state index >= 15 is 0 Å². The Morgan fingerprint density at radius 3 is 2.34 bits per heavy atom. The van der Waals surface area contributed by atoms with Gasteiger partial charge < -0.3 is 10.2 Å². The van der Waals surface area contributed by atoms with Crippen LogP contribution >= 0.6 is 15.9 Å². The Hall–Kier alpha value is -3.17. The predicted molar refractivity (Wildman–Crippen MR) is 154 cm³/mol. The van der Waals surface area contributed by atoms with Crippen molar-refractivity contribution in [1.82, 2.24) is 10.2 Å². The van der Waals surface area contributed by atoms with Gasteiger partial charge in [-0.2, -0.15) is 0 Å². The van der Waals surface area contributed by atoms with E-state index in [1.165, 1.54) is 17.0 Å². The van der Waals surface area contributed by atoms with Crippen LogP contribution in [0.5, 0.6) is 0 Å². The van der Waals surface area contributed by atoms with Gasteiger partial charge in [0.1, 0.15) is 12.6 Å². The van der Waals surface area contributed by atoms with E-state index in [1.54, 1.807) is 31.2 Å². The molecule has 7 nitrogen and oxygen atoms in total. The van der Waals surface area contributed by atoms with Gasteiger partial charge in [-0.1, -0.05) is 65.3 Å². The van der Waals surface area contributed by atoms with Gasteiger partial charge in [-0.25, -0.2) is 8.42 Å². The van der Waals surface area contributed by atoms with Gasteiger partial charge in [0.2, 0.25) is 11.8 Å². The number of carbonyl (C=O) groups is 2. The Balaban J connectivity index is 2.05. The first-order valence-electron chi connectivity index (χ1n) is 12.5. The molecule has 0 radical (unpaired) electrons. The molecule has 0 saturated carbocycles. The fraction of sp³-hybridized carbons (Fsp3) is 0.310. The molecule has 0 fully saturated rings. The van der Waals surface area contributed by atoms with E-state index in [9.17, 15) is 18.0 Å². The van der Waals surface area contributed by atoms with Crippen LogP contribution in [0.4, 0.5) is 5.69 Å². The molecule has 202 valence electrons. The average Bonchev–Trinajstić information content (AvgIpc) is 2.90. The maximum atomic E-state index is 13.9. The molecule has 2 amide bonds. The summed E-state index contributed by atoms with van der Waals surface area (Å²) < 4.78 is 29.7. The third kappa shape index (κ3) is 7.23. The summed E-state index contributed by atoms with van der Waals surface area (Å²) in [6.45, 7) is 7.47. The lowest BCUT2D eigenvalue weighted by Gasteiger charge is -2.32. The summed E-state index contributed by atoms with van der Waals surface area (Å²) in [6, 6.07) is 20.2. The number of nitrogens with zero attached hydrogens (tertiary/aromatic N) is 2. The molecule has 0 aromatic heterocycles. The van der Waals surface area contributed by atoms with Crippen LogP contribution in [0.3, 0.4) is 0 Å². The SMILES string of the molecule is CCCNC(=O)C(C)N(Cc1cccc(Br)c1)C(=O)CN(c1cc(C)ccc1C)S(=O)(=O)c1ccccc1. The first kappa shape index (κ1) is 29.4. The number of nitrogens with one attached hydrogen (secondary N) is 1. The zero-order chi connectivity index (χ0) is 27.9. The fourth-order valence-corrected chi connectivity index (χ4v) is 5.97. The van der Waals surface area contributed by atoms with Crippen LogP contribution < -0.4 is 9.62 Å². The van der Waals surface area contributed by atoms with E-state index in [1.807, 2.05) is 57.2 Å². The summed E-state index contributed by atoms with van der Waals surface area (Å²) >= 11 is 3.46. The highest BCUT2D eigenvalue weighted by molar-refractivity contribution is 9.10. The van der Waals surface area contributed by atoms with Crippen LogP contribution in [-0.2, 0) is 26.2 Å². The highest BCUT2D eigenvalue weighted by Crippen LogP contribution is 2.28. The van der Waals surface area contributed by atoms with Crippen molar-refractivity contribution in [1.29, 1.82) is 0 Å². The summed E-state index contributed by atoms with van der Waals surface area (Å²) in [5.74, 6) is -0.774. The third-order valence-corrected chi connectivity index (χ3v) is 8.47. The van der Waals surface area contributed by atoms with Gasteiger partial charge in [0.05, 0.1) is 10.6 Å². The molecule has 3 rings (SSSR count). The third-order valence-electron chi connectivity index (χ3n) is 6.20. The Bertz CT molecular complexity index is 1380. The number of sulfonamides is 1. The Morgan fingerprint density at radius 2 is 1.68 bits per heavy atom. The molecule has 1 atom stereocenters. The molecule has 0 spiro atoms. The number of amides is 2. The molecular weight excluding hydrogens is 566 g/mol. The molecule has 0 aliphatic rings. The molecule has 0 heterocycles. The van der Waals surface area contributed by atoms with E-state index in [4.69, 9.17) is 0 Å². The minimum absolute atomic E-state index is 0.0842. The van der Waals surface area contributed by atoms with Crippen LogP contribution in [0.2, 0.25) is 0 Å². The van der Waals surface area contributed by atoms with Crippen molar-refractivity contribution < 1.29 is 18.0 Å². The fourth-order valence-electron chi connectivity index (χ4n) is 4.03. The van der Waals surface area contributed by atoms with Crippen LogP contribution in [-0.4, -0.2) is 44.3 Å². The Morgan fingerprint density at radius 1 is 0.974 bits per heavy atom. The number of aryl methyl sites for hydroxylation is 2. The van der Waals surface area contributed by atoms with Crippen molar-refractivity contribution >= 4 is 43.5 Å². The molecule has 1 N–H and O–H groups in total. The number of rotatable bonds is 11. The van der Waals surface area contributed by atoms with Gasteiger partial charge in [0.25, 0.3) is 10.0 Å². The summed E-state index contributed by atoms with van der Waals surface area (Å²) in [5.41, 5.74) is 2.82. The number of carbonyl (C=O) groups excluding carboxylic acids is 2. The Labute approximate surface area is 234 Å². The van der Waals surface area contributed by atoms with Crippen molar-refractivity contribution in [2.24, 2.45) is 0 Å². The largest absolute Gasteiger partial charge is 0.354 e. The highest BCUT2D eigenvalue weighted by atomic mass is 79.9. The van der Waals surface area contributed by atoms with E-state index in [-0.39, 0.29) is 17.3 Å². The molecule has 0 bridgehead atoms. The van der Waals surface area contributed by atoms with Gasteiger partial charge >= 0.3 is 0 Å². The normalized spacial score (nSPS) is 12.0. The van der Waals surface area contributed by atoms with E-state index < -0.39 is 28.5 Å². The second-order valence-corrected chi connectivity index (χ2v) is 12.0. The number of anilines is 1. The standard InChI is InChI=1S/C29H34BrN3O4S/c1-5-16-31-29(35)23(4)32(19-24-10-9-11-25(30)18-24)28(34)20-33(27-17-21(2)14-15-22(27)3)38(36,37)26-12-7-6-8-13-26/h6-15,17-18,23H,5,16,19-20H2,1-4H3,(H,31,35). The number of halogens is 1. The molecule has 0 aliphatic carbocycles. The molecule has 0 aliphatic heterocycles. The Kier molecular flexibility index (Phi) is 10.1. The van der Waals surface area contributed by atoms with Gasteiger partial charge in [0, 0.05) is 17.6 Å². The first-order valence-corrected chi connectivity index (χ1v) is 14.7. The van der Waals surface area contributed by atoms with Crippen LogP contribution in [0.15, 0.2) is 82.2 Å². The van der Waals surface area contributed by atoms with Gasteiger partial charge in [-0.3, -0.25) is 13.9 Å². The van der Waals surface area contributed by atoms with E-state index in [0.717, 1.165) is 31.9 Å². The molecule has 1 unspecified atom stereocenters. The van der Waals surface area contributed by atoms with Crippen molar-refractivity contribution in [3.63, 3.8) is 0 Å². The average molecular weight is 601 g/mol. The summed E-state index contributed by atoms with van der Waals surface area (Å²) in [6.07, 6.45) is 0.758. The van der Waals surface area contributed by atoms with Crippen LogP contribution in [0, 0.1) is 13.8 Å². The maximum Gasteiger partial charge on any atom is 0.264 e. The molecule has 9 heteroatoms. The van der Waals surface area contributed by atoms with Crippen molar-refractivity contribution in [2.45, 2.75) is 51.6 Å². The van der Waals surface area contributed by atoms with Crippen molar-refractivity contribution in [3.8, 4) is 0 Å². The number of hydrogen-bond acceptors (Lipinski definition) is 4. The second kappa shape index (κ2) is 13.1. The summed E-state index contributed by atoms with van der Waals surface area (Å²) in [4.78, 5) is 28.4. The number of benzene rings is 3. The quantitative estimate of drug-likeness (QED) is 0.328. The minimum Gasteiger partial charge on any atom is -0.354 e. The summed E-state index contributed by atoms with van der Waals surface area (Å²) in [7, 11) is -4.08. The minimum atomic E-state index is -4.08. The van der Waals surface area contributed by atoms with E-state index in [2.05, 4.69) is 21.2 Å². The van der Waals surface area contributed by atoms with Gasteiger partial charge in [-0.05, 0) is 74.2 Å². The van der Waals surface area contributed by atoms with E-state index in [0.29, 0.717) is 12.2 Å². The lowest BCUT2D eigenvalue weighted by Crippen LogP contribution is -2.51. The zero-order valence-corrected chi connectivity index (χ0v) is 24.6. The van der Waals surface area contributed by atoms with Crippen LogP contribution in [0.25, 0.3) is 0 Å². The highest BCUT2D eigenvalue weighted by Gasteiger charge is 2.33. The van der Waals surface area contributed by atoms with Crippen molar-refractivity contribution in [2.75, 3.05) is 17.4 Å². The van der Waals surface area contributed by atoms with Gasteiger partial charge in [-0.15, -0.1) is 0 Å². The van der Waals surface area contributed by atoms with Crippen molar-refractivity contribution in [3.05, 3.63) is 94.0 Å². The topological polar surface area (TPSA) is 86.8 Å². The monoisotopic (exact) mass is 599 g/mol. The maximum absolute atomic E-state index is 13.9. The second-order valence-electron chi connectivity index (χ2n) is 9.23. The predicted octanol–water partition coefficient (Wildman–Crippen LogP) is 5.20.